The number of nitrogens with one attached hydrogen (secondary N) is 1. The molecule has 0 aliphatic heterocycles. The van der Waals surface area contributed by atoms with Crippen LogP contribution in [0.2, 0.25) is 0 Å². The molecule has 1 heterocycles. The van der Waals surface area contributed by atoms with Crippen LogP contribution in [0.4, 0.5) is 0 Å². The van der Waals surface area contributed by atoms with Crippen LogP contribution >= 0.6 is 11.3 Å². The second kappa shape index (κ2) is 6.87. The van der Waals surface area contributed by atoms with Gasteiger partial charge in [0.15, 0.2) is 0 Å². The van der Waals surface area contributed by atoms with E-state index in [1.54, 1.807) is 0 Å². The topological polar surface area (TPSA) is 115 Å². The predicted octanol–water partition coefficient (Wildman–Crippen LogP) is 1.03. The van der Waals surface area contributed by atoms with Crippen molar-refractivity contribution < 1.29 is 13.2 Å². The van der Waals surface area contributed by atoms with Crippen molar-refractivity contribution in [2.75, 3.05) is 6.54 Å². The Hall–Kier alpha value is -0.960. The van der Waals surface area contributed by atoms with E-state index in [-0.39, 0.29) is 16.2 Å². The summed E-state index contributed by atoms with van der Waals surface area (Å²) in [4.78, 5) is 12.2. The summed E-state index contributed by atoms with van der Waals surface area (Å²) in [7, 11) is -3.76. The molecule has 0 radical (unpaired) electrons. The summed E-state index contributed by atoms with van der Waals surface area (Å²) in [6.45, 7) is 0.391. The first kappa shape index (κ1) is 16.4. The van der Waals surface area contributed by atoms with Crippen LogP contribution in [0.5, 0.6) is 0 Å². The maximum atomic E-state index is 12.2. The van der Waals surface area contributed by atoms with Crippen LogP contribution in [0.1, 0.15) is 42.5 Å². The van der Waals surface area contributed by atoms with Crippen molar-refractivity contribution in [2.24, 2.45) is 16.8 Å². The fourth-order valence-corrected chi connectivity index (χ4v) is 4.33. The Morgan fingerprint density at radius 3 is 2.57 bits per heavy atom. The van der Waals surface area contributed by atoms with Gasteiger partial charge in [-0.3, -0.25) is 4.79 Å². The Kier molecular flexibility index (Phi) is 5.37. The fraction of sp³-hybridized carbons (Fsp3) is 0.615. The van der Waals surface area contributed by atoms with Gasteiger partial charge in [-0.25, -0.2) is 13.6 Å². The summed E-state index contributed by atoms with van der Waals surface area (Å²) < 4.78 is 22.5. The van der Waals surface area contributed by atoms with Gasteiger partial charge in [0.1, 0.15) is 4.21 Å². The molecule has 0 bridgehead atoms. The minimum absolute atomic E-state index is 0.00499. The van der Waals surface area contributed by atoms with Crippen molar-refractivity contribution >= 4 is 27.3 Å². The molecule has 1 amide bonds. The van der Waals surface area contributed by atoms with Gasteiger partial charge in [-0.2, -0.15) is 0 Å². The number of carbonyl (C=O) groups is 1. The molecule has 1 aromatic heterocycles. The van der Waals surface area contributed by atoms with Crippen molar-refractivity contribution in [3.8, 4) is 0 Å². The Balaban J connectivity index is 2.03. The molecule has 0 saturated heterocycles. The summed E-state index contributed by atoms with van der Waals surface area (Å²) in [6.07, 6.45) is 5.74. The minimum Gasteiger partial charge on any atom is -0.348 e. The third-order valence-electron chi connectivity index (χ3n) is 3.91. The van der Waals surface area contributed by atoms with E-state index in [9.17, 15) is 13.2 Å². The number of primary sulfonamides is 1. The minimum atomic E-state index is -3.76. The second-order valence-electron chi connectivity index (χ2n) is 5.41. The van der Waals surface area contributed by atoms with E-state index >= 15 is 0 Å². The van der Waals surface area contributed by atoms with E-state index in [2.05, 4.69) is 5.32 Å². The summed E-state index contributed by atoms with van der Waals surface area (Å²) in [5, 5.41) is 9.47. The lowest BCUT2D eigenvalue weighted by molar-refractivity contribution is 0.0916. The third kappa shape index (κ3) is 4.26. The highest BCUT2D eigenvalue weighted by Gasteiger charge is 2.25. The molecule has 5 N–H and O–H groups in total. The molecular formula is C13H21N3O3S2. The molecule has 1 atom stereocenters. The molecule has 0 aromatic carbocycles. The highest BCUT2D eigenvalue weighted by Crippen LogP contribution is 2.26. The van der Waals surface area contributed by atoms with Crippen LogP contribution in [0, 0.1) is 5.92 Å². The maximum Gasteiger partial charge on any atom is 0.252 e. The summed E-state index contributed by atoms with van der Waals surface area (Å²) in [5.74, 6) is 0.117. The van der Waals surface area contributed by atoms with Crippen LogP contribution in [0.15, 0.2) is 15.7 Å². The van der Waals surface area contributed by atoms with Gasteiger partial charge in [-0.15, -0.1) is 11.3 Å². The normalized spacial score (nSPS) is 18.4. The van der Waals surface area contributed by atoms with Crippen molar-refractivity contribution in [3.63, 3.8) is 0 Å². The third-order valence-corrected chi connectivity index (χ3v) is 6.29. The van der Waals surface area contributed by atoms with Crippen LogP contribution in [0.3, 0.4) is 0 Å². The zero-order chi connectivity index (χ0) is 15.5. The fourth-order valence-electron chi connectivity index (χ4n) is 2.74. The molecule has 1 saturated carbocycles. The van der Waals surface area contributed by atoms with Crippen LogP contribution in [0.25, 0.3) is 0 Å². The molecule has 6 nitrogen and oxygen atoms in total. The van der Waals surface area contributed by atoms with Crippen molar-refractivity contribution in [3.05, 3.63) is 17.0 Å². The van der Waals surface area contributed by atoms with E-state index in [1.807, 2.05) is 0 Å². The lowest BCUT2D eigenvalue weighted by Crippen LogP contribution is -2.45. The Bertz CT molecular complexity index is 592. The zero-order valence-electron chi connectivity index (χ0n) is 11.7. The van der Waals surface area contributed by atoms with E-state index in [4.69, 9.17) is 10.9 Å². The maximum absolute atomic E-state index is 12.2. The monoisotopic (exact) mass is 331 g/mol. The molecular weight excluding hydrogens is 310 g/mol. The van der Waals surface area contributed by atoms with Gasteiger partial charge < -0.3 is 11.1 Å². The molecule has 8 heteroatoms. The lowest BCUT2D eigenvalue weighted by Gasteiger charge is -2.30. The number of thiophene rings is 1. The molecule has 118 valence electrons. The molecule has 21 heavy (non-hydrogen) atoms. The smallest absolute Gasteiger partial charge is 0.252 e. The van der Waals surface area contributed by atoms with E-state index in [0.717, 1.165) is 24.2 Å². The lowest BCUT2D eigenvalue weighted by atomic mass is 9.84. The van der Waals surface area contributed by atoms with Gasteiger partial charge in [-0.1, -0.05) is 19.3 Å². The van der Waals surface area contributed by atoms with Crippen molar-refractivity contribution in [2.45, 2.75) is 42.4 Å². The first-order valence-corrected chi connectivity index (χ1v) is 9.46. The molecule has 2 rings (SSSR count). The number of sulfonamides is 1. The first-order valence-electron chi connectivity index (χ1n) is 7.04. The average molecular weight is 331 g/mol. The number of rotatable bonds is 5. The standard InChI is InChI=1S/C13H21N3O3S2/c14-7-11(9-4-2-1-3-5-9)16-13(17)10-6-12(20-8-10)21(15,18)19/h6,8-9,11H,1-5,7,14H2,(H,16,17)(H2,15,18,19). The van der Waals surface area contributed by atoms with E-state index in [1.165, 1.54) is 30.7 Å². The number of carbonyl (C=O) groups excluding carboxylic acids is 1. The van der Waals surface area contributed by atoms with Gasteiger partial charge in [0.2, 0.25) is 10.0 Å². The van der Waals surface area contributed by atoms with Crippen LogP contribution in [-0.2, 0) is 10.0 Å². The van der Waals surface area contributed by atoms with Crippen LogP contribution in [-0.4, -0.2) is 26.9 Å². The summed E-state index contributed by atoms with van der Waals surface area (Å²) >= 11 is 0.950. The molecule has 1 aromatic rings. The Morgan fingerprint density at radius 1 is 1.38 bits per heavy atom. The number of nitrogens with two attached hydrogens (primary N) is 2. The molecule has 1 unspecified atom stereocenters. The highest BCUT2D eigenvalue weighted by molar-refractivity contribution is 7.91. The average Bonchev–Trinajstić information content (AvgIpc) is 2.95. The zero-order valence-corrected chi connectivity index (χ0v) is 13.4. The molecule has 1 fully saturated rings. The SMILES string of the molecule is NCC(NC(=O)c1csc(S(N)(=O)=O)c1)C1CCCCC1. The van der Waals surface area contributed by atoms with Crippen molar-refractivity contribution in [1.29, 1.82) is 0 Å². The predicted molar refractivity (Wildman–Crippen MR) is 82.6 cm³/mol. The van der Waals surface area contributed by atoms with E-state index < -0.39 is 10.0 Å². The highest BCUT2D eigenvalue weighted by atomic mass is 32.2. The Labute approximate surface area is 129 Å². The van der Waals surface area contributed by atoms with Gasteiger partial charge >= 0.3 is 0 Å². The number of hydrogen-bond donors (Lipinski definition) is 3. The van der Waals surface area contributed by atoms with E-state index in [0.29, 0.717) is 18.0 Å². The number of amides is 1. The second-order valence-corrected chi connectivity index (χ2v) is 8.11. The summed E-state index contributed by atoms with van der Waals surface area (Å²) in [6, 6.07) is 1.25. The molecule has 1 aliphatic rings. The molecule has 1 aliphatic carbocycles. The van der Waals surface area contributed by atoms with Gasteiger partial charge in [0, 0.05) is 18.0 Å². The van der Waals surface area contributed by atoms with Crippen molar-refractivity contribution in [1.82, 2.24) is 5.32 Å². The quantitative estimate of drug-likeness (QED) is 0.747. The number of hydrogen-bond acceptors (Lipinski definition) is 5. The summed E-state index contributed by atoms with van der Waals surface area (Å²) in [5.41, 5.74) is 6.09. The first-order chi connectivity index (χ1) is 9.91. The van der Waals surface area contributed by atoms with Gasteiger partial charge in [-0.05, 0) is 24.8 Å². The van der Waals surface area contributed by atoms with Crippen LogP contribution < -0.4 is 16.2 Å². The van der Waals surface area contributed by atoms with Gasteiger partial charge in [0.25, 0.3) is 5.91 Å². The molecule has 0 spiro atoms. The largest absolute Gasteiger partial charge is 0.348 e. The Morgan fingerprint density at radius 2 is 2.05 bits per heavy atom. The van der Waals surface area contributed by atoms with Gasteiger partial charge in [0.05, 0.1) is 5.56 Å².